The van der Waals surface area contributed by atoms with Gasteiger partial charge in [-0.3, -0.25) is 9.58 Å². The van der Waals surface area contributed by atoms with Gasteiger partial charge in [-0.1, -0.05) is 23.4 Å². The van der Waals surface area contributed by atoms with Crippen molar-refractivity contribution in [2.75, 3.05) is 13.1 Å². The van der Waals surface area contributed by atoms with E-state index in [-0.39, 0.29) is 6.04 Å². The fourth-order valence-corrected chi connectivity index (χ4v) is 3.49. The SMILES string of the molecule is C[C@H](c1nnnn1-c1ccccc1)N1CCC(Cn2ccnn2)CC1. The van der Waals surface area contributed by atoms with Crippen molar-refractivity contribution in [2.24, 2.45) is 5.92 Å². The van der Waals surface area contributed by atoms with Gasteiger partial charge in [-0.2, -0.15) is 4.68 Å². The first-order valence-corrected chi connectivity index (χ1v) is 8.73. The van der Waals surface area contributed by atoms with Gasteiger partial charge < -0.3 is 0 Å². The third kappa shape index (κ3) is 3.43. The van der Waals surface area contributed by atoms with Crippen LogP contribution in [0.1, 0.15) is 31.6 Å². The van der Waals surface area contributed by atoms with Crippen molar-refractivity contribution in [3.05, 3.63) is 48.5 Å². The van der Waals surface area contributed by atoms with Gasteiger partial charge in [-0.15, -0.1) is 10.2 Å². The van der Waals surface area contributed by atoms with Crippen molar-refractivity contribution < 1.29 is 0 Å². The highest BCUT2D eigenvalue weighted by atomic mass is 15.6. The fourth-order valence-electron chi connectivity index (χ4n) is 3.49. The summed E-state index contributed by atoms with van der Waals surface area (Å²) in [6, 6.07) is 10.2. The van der Waals surface area contributed by atoms with Crippen LogP contribution < -0.4 is 0 Å². The minimum atomic E-state index is 0.183. The molecule has 1 fully saturated rings. The molecule has 1 atom stereocenters. The number of likely N-dealkylation sites (tertiary alicyclic amines) is 1. The van der Waals surface area contributed by atoms with Crippen LogP contribution in [-0.2, 0) is 6.54 Å². The topological polar surface area (TPSA) is 77.5 Å². The van der Waals surface area contributed by atoms with Gasteiger partial charge >= 0.3 is 0 Å². The summed E-state index contributed by atoms with van der Waals surface area (Å²) in [5.41, 5.74) is 0.996. The first-order valence-electron chi connectivity index (χ1n) is 8.73. The summed E-state index contributed by atoms with van der Waals surface area (Å²) in [5, 5.41) is 20.3. The largest absolute Gasteiger partial charge is 0.294 e. The number of para-hydroxylation sites is 1. The Morgan fingerprint density at radius 2 is 1.92 bits per heavy atom. The predicted octanol–water partition coefficient (Wildman–Crippen LogP) is 1.73. The second-order valence-electron chi connectivity index (χ2n) is 6.56. The zero-order chi connectivity index (χ0) is 17.1. The van der Waals surface area contributed by atoms with Crippen molar-refractivity contribution in [1.82, 2.24) is 40.1 Å². The molecule has 0 radical (unpaired) electrons. The summed E-state index contributed by atoms with van der Waals surface area (Å²) in [7, 11) is 0. The van der Waals surface area contributed by atoms with Gasteiger partial charge in [0.1, 0.15) is 0 Å². The molecule has 0 saturated carbocycles. The highest BCUT2D eigenvalue weighted by Crippen LogP contribution is 2.27. The summed E-state index contributed by atoms with van der Waals surface area (Å²) in [6.07, 6.45) is 5.97. The number of piperidine rings is 1. The van der Waals surface area contributed by atoms with E-state index in [1.807, 2.05) is 45.9 Å². The lowest BCUT2D eigenvalue weighted by Gasteiger charge is -2.35. The van der Waals surface area contributed by atoms with Crippen molar-refractivity contribution in [3.63, 3.8) is 0 Å². The van der Waals surface area contributed by atoms with Crippen molar-refractivity contribution in [2.45, 2.75) is 32.4 Å². The third-order valence-corrected chi connectivity index (χ3v) is 4.98. The first-order chi connectivity index (χ1) is 12.3. The van der Waals surface area contributed by atoms with Crippen LogP contribution in [0.2, 0.25) is 0 Å². The second-order valence-corrected chi connectivity index (χ2v) is 6.56. The number of tetrazole rings is 1. The van der Waals surface area contributed by atoms with Crippen LogP contribution in [-0.4, -0.2) is 53.2 Å². The van der Waals surface area contributed by atoms with Crippen molar-refractivity contribution in [3.8, 4) is 5.69 Å². The van der Waals surface area contributed by atoms with E-state index in [4.69, 9.17) is 0 Å². The molecule has 130 valence electrons. The van der Waals surface area contributed by atoms with Crippen LogP contribution in [0.15, 0.2) is 42.7 Å². The van der Waals surface area contributed by atoms with E-state index < -0.39 is 0 Å². The maximum atomic E-state index is 4.29. The van der Waals surface area contributed by atoms with Gasteiger partial charge in [0.05, 0.1) is 17.9 Å². The smallest absolute Gasteiger partial charge is 0.173 e. The molecule has 1 aromatic carbocycles. The average Bonchev–Trinajstić information content (AvgIpc) is 3.34. The van der Waals surface area contributed by atoms with E-state index in [9.17, 15) is 0 Å². The maximum Gasteiger partial charge on any atom is 0.173 e. The lowest BCUT2D eigenvalue weighted by molar-refractivity contribution is 0.126. The summed E-state index contributed by atoms with van der Waals surface area (Å²) in [5.74, 6) is 1.54. The maximum absolute atomic E-state index is 4.29. The Labute approximate surface area is 146 Å². The molecule has 0 bridgehead atoms. The summed E-state index contributed by atoms with van der Waals surface area (Å²) >= 11 is 0. The summed E-state index contributed by atoms with van der Waals surface area (Å²) in [6.45, 7) is 5.22. The molecule has 1 aliphatic heterocycles. The fraction of sp³-hybridized carbons (Fsp3) is 0.471. The zero-order valence-electron chi connectivity index (χ0n) is 14.3. The van der Waals surface area contributed by atoms with E-state index in [2.05, 4.69) is 37.7 Å². The Hall–Kier alpha value is -2.61. The summed E-state index contributed by atoms with van der Waals surface area (Å²) < 4.78 is 3.77. The van der Waals surface area contributed by atoms with Crippen LogP contribution in [0.25, 0.3) is 5.69 Å². The molecule has 0 unspecified atom stereocenters. The van der Waals surface area contributed by atoms with E-state index >= 15 is 0 Å². The second kappa shape index (κ2) is 7.10. The monoisotopic (exact) mass is 338 g/mol. The van der Waals surface area contributed by atoms with Crippen LogP contribution in [0.5, 0.6) is 0 Å². The number of hydrogen-bond donors (Lipinski definition) is 0. The molecule has 3 aromatic rings. The lowest BCUT2D eigenvalue weighted by atomic mass is 9.96. The molecule has 2 aromatic heterocycles. The molecular formula is C17H22N8. The van der Waals surface area contributed by atoms with Crippen LogP contribution >= 0.6 is 0 Å². The average molecular weight is 338 g/mol. The molecule has 8 nitrogen and oxygen atoms in total. The Morgan fingerprint density at radius 3 is 2.64 bits per heavy atom. The molecule has 1 saturated heterocycles. The van der Waals surface area contributed by atoms with E-state index in [0.29, 0.717) is 5.92 Å². The molecule has 1 aliphatic rings. The normalized spacial score (nSPS) is 17.6. The van der Waals surface area contributed by atoms with Crippen LogP contribution in [0, 0.1) is 5.92 Å². The van der Waals surface area contributed by atoms with Gasteiger partial charge in [0.2, 0.25) is 0 Å². The number of aromatic nitrogens is 7. The molecular weight excluding hydrogens is 316 g/mol. The number of benzene rings is 1. The van der Waals surface area contributed by atoms with E-state index in [1.54, 1.807) is 6.20 Å². The Bertz CT molecular complexity index is 774. The van der Waals surface area contributed by atoms with Gasteiger partial charge in [0, 0.05) is 12.7 Å². The van der Waals surface area contributed by atoms with Gasteiger partial charge in [0.25, 0.3) is 0 Å². The first kappa shape index (κ1) is 15.9. The van der Waals surface area contributed by atoms with Gasteiger partial charge in [-0.05, 0) is 61.3 Å². The molecule has 0 N–H and O–H groups in total. The quantitative estimate of drug-likeness (QED) is 0.705. The molecule has 0 amide bonds. The summed E-state index contributed by atoms with van der Waals surface area (Å²) in [4.78, 5) is 2.46. The van der Waals surface area contributed by atoms with Crippen LogP contribution in [0.4, 0.5) is 0 Å². The van der Waals surface area contributed by atoms with Gasteiger partial charge in [0.15, 0.2) is 5.82 Å². The van der Waals surface area contributed by atoms with Gasteiger partial charge in [-0.25, -0.2) is 0 Å². The van der Waals surface area contributed by atoms with E-state index in [1.165, 1.54) is 0 Å². The minimum Gasteiger partial charge on any atom is -0.294 e. The number of nitrogens with zero attached hydrogens (tertiary/aromatic N) is 8. The third-order valence-electron chi connectivity index (χ3n) is 4.98. The Kier molecular flexibility index (Phi) is 4.51. The highest BCUT2D eigenvalue weighted by Gasteiger charge is 2.27. The Morgan fingerprint density at radius 1 is 1.12 bits per heavy atom. The highest BCUT2D eigenvalue weighted by molar-refractivity contribution is 5.30. The number of rotatable bonds is 5. The molecule has 8 heteroatoms. The molecule has 0 aliphatic carbocycles. The molecule has 3 heterocycles. The minimum absolute atomic E-state index is 0.183. The number of hydrogen-bond acceptors (Lipinski definition) is 6. The molecule has 0 spiro atoms. The van der Waals surface area contributed by atoms with E-state index in [0.717, 1.165) is 44.0 Å². The van der Waals surface area contributed by atoms with Crippen molar-refractivity contribution in [1.29, 1.82) is 0 Å². The molecule has 25 heavy (non-hydrogen) atoms. The Balaban J connectivity index is 1.41. The zero-order valence-corrected chi connectivity index (χ0v) is 14.3. The van der Waals surface area contributed by atoms with Crippen LogP contribution in [0.3, 0.4) is 0 Å². The van der Waals surface area contributed by atoms with Crippen molar-refractivity contribution >= 4 is 0 Å². The lowest BCUT2D eigenvalue weighted by Crippen LogP contribution is -2.37. The standard InChI is InChI=1S/C17H22N8/c1-14(17-19-20-22-25(17)16-5-3-2-4-6-16)23-10-7-15(8-11-23)13-24-12-9-18-21-24/h2-6,9,12,14-15H,7-8,10-11,13H2,1H3/t14-/m1/s1. The predicted molar refractivity (Wildman–Crippen MR) is 91.9 cm³/mol. The molecule has 4 rings (SSSR count).